The third-order valence-electron chi connectivity index (χ3n) is 7.60. The van der Waals surface area contributed by atoms with Crippen LogP contribution in [0.5, 0.6) is 0 Å². The SMILES string of the molecule is COCCCCn1c(N(O)N(CC2CC2)[C@@H]2CNC[C@H](C(=O)N3CCOCC3)C2)nc2ccccc21. The molecule has 2 N–H and O–H groups in total. The summed E-state index contributed by atoms with van der Waals surface area (Å²) in [7, 11) is 1.72. The van der Waals surface area contributed by atoms with Crippen molar-refractivity contribution in [1.29, 1.82) is 0 Å². The number of hydrogen-bond acceptors (Lipinski definition) is 8. The number of carbonyl (C=O) groups excluding carboxylic acids is 1. The number of aromatic nitrogens is 2. The van der Waals surface area contributed by atoms with Crippen LogP contribution in [0.3, 0.4) is 0 Å². The standard InChI is InChI=1S/C26H40N6O4/c1-35-13-5-4-10-30-24-7-3-2-6-23(24)28-26(30)32(34)31(19-20-8-9-20)22-16-21(17-27-18-22)25(33)29-11-14-36-15-12-29/h2-3,6-7,20-22,27,34H,4-5,8-19H2,1H3/t21-,22+/m1/s1. The average Bonchev–Trinajstić information content (AvgIpc) is 3.68. The number of fused-ring (bicyclic) bond motifs is 1. The Morgan fingerprint density at radius 1 is 1.22 bits per heavy atom. The zero-order valence-electron chi connectivity index (χ0n) is 21.3. The van der Waals surface area contributed by atoms with E-state index >= 15 is 0 Å². The average molecular weight is 501 g/mol. The Morgan fingerprint density at radius 2 is 2.03 bits per heavy atom. The van der Waals surface area contributed by atoms with E-state index in [1.54, 1.807) is 7.11 Å². The number of anilines is 1. The first-order valence-corrected chi connectivity index (χ1v) is 13.4. The van der Waals surface area contributed by atoms with E-state index in [2.05, 4.69) is 21.0 Å². The highest BCUT2D eigenvalue weighted by molar-refractivity contribution is 5.79. The molecule has 1 saturated carbocycles. The maximum absolute atomic E-state index is 13.2. The van der Waals surface area contributed by atoms with E-state index in [1.165, 1.54) is 18.0 Å². The highest BCUT2D eigenvalue weighted by Gasteiger charge is 2.38. The lowest BCUT2D eigenvalue weighted by Crippen LogP contribution is -2.58. The lowest BCUT2D eigenvalue weighted by atomic mass is 9.93. The molecule has 0 radical (unpaired) electrons. The van der Waals surface area contributed by atoms with Crippen LogP contribution in [0, 0.1) is 11.8 Å². The summed E-state index contributed by atoms with van der Waals surface area (Å²) in [6.45, 7) is 6.14. The molecule has 198 valence electrons. The largest absolute Gasteiger partial charge is 0.385 e. The fourth-order valence-electron chi connectivity index (χ4n) is 5.39. The van der Waals surface area contributed by atoms with Gasteiger partial charge in [-0.25, -0.2) is 4.98 Å². The van der Waals surface area contributed by atoms with Gasteiger partial charge < -0.3 is 24.3 Å². The van der Waals surface area contributed by atoms with Crippen LogP contribution in [0.4, 0.5) is 5.95 Å². The molecule has 0 spiro atoms. The molecule has 10 heteroatoms. The predicted molar refractivity (Wildman–Crippen MR) is 137 cm³/mol. The number of nitrogens with one attached hydrogen (secondary N) is 1. The summed E-state index contributed by atoms with van der Waals surface area (Å²) >= 11 is 0. The van der Waals surface area contributed by atoms with Crippen molar-refractivity contribution in [3.8, 4) is 0 Å². The predicted octanol–water partition coefficient (Wildman–Crippen LogP) is 2.12. The first kappa shape index (κ1) is 25.4. The highest BCUT2D eigenvalue weighted by atomic mass is 16.6. The molecular formula is C26H40N6O4. The van der Waals surface area contributed by atoms with Crippen LogP contribution in [-0.2, 0) is 20.8 Å². The van der Waals surface area contributed by atoms with Gasteiger partial charge in [0.2, 0.25) is 11.9 Å². The van der Waals surface area contributed by atoms with Gasteiger partial charge in [-0.3, -0.25) is 10.0 Å². The van der Waals surface area contributed by atoms with Crippen molar-refractivity contribution in [1.82, 2.24) is 24.8 Å². The quantitative estimate of drug-likeness (QED) is 0.358. The number of piperidine rings is 1. The van der Waals surface area contributed by atoms with Gasteiger partial charge in [0.15, 0.2) is 0 Å². The number of amides is 1. The van der Waals surface area contributed by atoms with Crippen LogP contribution < -0.4 is 10.5 Å². The van der Waals surface area contributed by atoms with Crippen LogP contribution in [0.1, 0.15) is 32.1 Å². The summed E-state index contributed by atoms with van der Waals surface area (Å²) in [5.74, 6) is 1.19. The summed E-state index contributed by atoms with van der Waals surface area (Å²) in [5.41, 5.74) is 1.88. The van der Waals surface area contributed by atoms with E-state index in [1.807, 2.05) is 23.1 Å². The van der Waals surface area contributed by atoms with Gasteiger partial charge in [-0.1, -0.05) is 12.1 Å². The molecule has 0 unspecified atom stereocenters. The number of hydrazine groups is 1. The topological polar surface area (TPSA) is 95.3 Å². The van der Waals surface area contributed by atoms with Gasteiger partial charge in [0, 0.05) is 59.0 Å². The van der Waals surface area contributed by atoms with Gasteiger partial charge in [0.05, 0.1) is 30.2 Å². The van der Waals surface area contributed by atoms with Crippen LogP contribution >= 0.6 is 0 Å². The molecule has 10 nitrogen and oxygen atoms in total. The number of ether oxygens (including phenoxy) is 2. The number of imidazole rings is 1. The zero-order valence-corrected chi connectivity index (χ0v) is 21.3. The second kappa shape index (κ2) is 11.9. The highest BCUT2D eigenvalue weighted by Crippen LogP contribution is 2.34. The molecule has 5 rings (SSSR count). The monoisotopic (exact) mass is 500 g/mol. The molecule has 1 aromatic heterocycles. The minimum Gasteiger partial charge on any atom is -0.385 e. The minimum atomic E-state index is -0.107. The molecule has 1 aliphatic carbocycles. The van der Waals surface area contributed by atoms with E-state index in [0.717, 1.165) is 43.5 Å². The number of aryl methyl sites for hydroxylation is 1. The van der Waals surface area contributed by atoms with Gasteiger partial charge in [-0.15, -0.1) is 5.17 Å². The molecular weight excluding hydrogens is 460 g/mol. The maximum atomic E-state index is 13.2. The van der Waals surface area contributed by atoms with Gasteiger partial charge in [0.1, 0.15) is 0 Å². The molecule has 3 fully saturated rings. The van der Waals surface area contributed by atoms with Crippen molar-refractivity contribution in [2.75, 3.05) is 64.8 Å². The summed E-state index contributed by atoms with van der Waals surface area (Å²) < 4.78 is 12.8. The Bertz CT molecular complexity index is 1010. The molecule has 3 heterocycles. The van der Waals surface area contributed by atoms with E-state index < -0.39 is 0 Å². The van der Waals surface area contributed by atoms with Crippen LogP contribution in [0.25, 0.3) is 11.0 Å². The number of benzene rings is 1. The molecule has 1 amide bonds. The van der Waals surface area contributed by atoms with E-state index in [9.17, 15) is 10.0 Å². The molecule has 2 aliphatic heterocycles. The van der Waals surface area contributed by atoms with E-state index in [-0.39, 0.29) is 17.9 Å². The first-order chi connectivity index (χ1) is 17.7. The maximum Gasteiger partial charge on any atom is 0.246 e. The summed E-state index contributed by atoms with van der Waals surface area (Å²) in [5, 5.41) is 18.5. The molecule has 1 aromatic carbocycles. The lowest BCUT2D eigenvalue weighted by molar-refractivity contribution is -0.141. The second-order valence-electron chi connectivity index (χ2n) is 10.3. The summed E-state index contributed by atoms with van der Waals surface area (Å²) in [6, 6.07) is 8.03. The van der Waals surface area contributed by atoms with Gasteiger partial charge in [-0.05, 0) is 50.2 Å². The number of rotatable bonds is 11. The first-order valence-electron chi connectivity index (χ1n) is 13.4. The Hall–Kier alpha value is -2.24. The van der Waals surface area contributed by atoms with Crippen LogP contribution in [-0.4, -0.2) is 96.3 Å². The van der Waals surface area contributed by atoms with Gasteiger partial charge in [0.25, 0.3) is 0 Å². The number of morpholine rings is 1. The van der Waals surface area contributed by atoms with Crippen molar-refractivity contribution in [3.63, 3.8) is 0 Å². The Balaban J connectivity index is 1.36. The van der Waals surface area contributed by atoms with Crippen LogP contribution in [0.15, 0.2) is 24.3 Å². The number of para-hydroxylation sites is 2. The normalized spacial score (nSPS) is 22.9. The van der Waals surface area contributed by atoms with Gasteiger partial charge in [-0.2, -0.15) is 5.01 Å². The van der Waals surface area contributed by atoms with E-state index in [0.29, 0.717) is 57.7 Å². The molecule has 2 atom stereocenters. The number of hydrogen-bond donors (Lipinski definition) is 2. The van der Waals surface area contributed by atoms with Crippen LogP contribution in [0.2, 0.25) is 0 Å². The van der Waals surface area contributed by atoms with E-state index in [4.69, 9.17) is 14.5 Å². The van der Waals surface area contributed by atoms with Crippen molar-refractivity contribution < 1.29 is 19.5 Å². The summed E-state index contributed by atoms with van der Waals surface area (Å²) in [6.07, 6.45) is 4.93. The fourth-order valence-corrected chi connectivity index (χ4v) is 5.39. The Morgan fingerprint density at radius 3 is 2.81 bits per heavy atom. The second-order valence-corrected chi connectivity index (χ2v) is 10.3. The fraction of sp³-hybridized carbons (Fsp3) is 0.692. The summed E-state index contributed by atoms with van der Waals surface area (Å²) in [4.78, 5) is 20.0. The smallest absolute Gasteiger partial charge is 0.246 e. The Labute approximate surface area is 213 Å². The molecule has 3 aliphatic rings. The number of carbonyl (C=O) groups is 1. The minimum absolute atomic E-state index is 0.00101. The Kier molecular flexibility index (Phi) is 8.38. The third-order valence-corrected chi connectivity index (χ3v) is 7.60. The van der Waals surface area contributed by atoms with Crippen molar-refractivity contribution in [3.05, 3.63) is 24.3 Å². The number of unbranched alkanes of at least 4 members (excludes halogenated alkanes) is 1. The zero-order chi connectivity index (χ0) is 24.9. The lowest BCUT2D eigenvalue weighted by Gasteiger charge is -2.42. The molecule has 36 heavy (non-hydrogen) atoms. The number of nitrogens with zero attached hydrogens (tertiary/aromatic N) is 5. The van der Waals surface area contributed by atoms with Crippen molar-refractivity contribution in [2.45, 2.75) is 44.7 Å². The third kappa shape index (κ3) is 5.84. The van der Waals surface area contributed by atoms with Crippen molar-refractivity contribution >= 4 is 22.9 Å². The molecule has 2 saturated heterocycles. The van der Waals surface area contributed by atoms with Gasteiger partial charge >= 0.3 is 0 Å². The molecule has 0 bridgehead atoms. The molecule has 2 aromatic rings. The number of methoxy groups -OCH3 is 1. The van der Waals surface area contributed by atoms with Crippen molar-refractivity contribution in [2.24, 2.45) is 11.8 Å².